The van der Waals surface area contributed by atoms with Crippen molar-refractivity contribution in [3.05, 3.63) is 27.7 Å². The van der Waals surface area contributed by atoms with E-state index in [9.17, 15) is 4.79 Å². The zero-order valence-corrected chi connectivity index (χ0v) is 14.7. The number of rotatable bonds is 3. The Labute approximate surface area is 145 Å². The molecule has 0 bridgehead atoms. The minimum atomic E-state index is -0.498. The Balaban J connectivity index is 1.84. The highest BCUT2D eigenvalue weighted by Crippen LogP contribution is 2.34. The molecule has 0 radical (unpaired) electrons. The summed E-state index contributed by atoms with van der Waals surface area (Å²) >= 11 is 12.1. The topological polar surface area (TPSA) is 62.6 Å². The molecule has 1 heterocycles. The van der Waals surface area contributed by atoms with Crippen LogP contribution in [0.5, 0.6) is 5.75 Å². The molecular formula is C16H18Cl2N2O3. The number of ether oxygens (including phenoxy) is 2. The number of benzene rings is 1. The van der Waals surface area contributed by atoms with Crippen LogP contribution in [0.15, 0.2) is 12.1 Å². The summed E-state index contributed by atoms with van der Waals surface area (Å²) in [7, 11) is 0. The van der Waals surface area contributed by atoms with E-state index in [1.54, 1.807) is 4.90 Å². The molecule has 1 aromatic carbocycles. The Hall–Kier alpha value is -1.64. The van der Waals surface area contributed by atoms with E-state index >= 15 is 0 Å². The molecule has 0 saturated carbocycles. The number of nitriles is 1. The standard InChI is InChI=1S/C16H18Cl2N2O3/c1-16(2,3)23-15(21)20-7-11(8-20)9-22-14-12(17)4-10(6-19)5-13(14)18/h4-5,11H,7-9H2,1-3H3. The maximum absolute atomic E-state index is 11.8. The molecule has 0 aromatic heterocycles. The van der Waals surface area contributed by atoms with Crippen molar-refractivity contribution in [3.8, 4) is 11.8 Å². The van der Waals surface area contributed by atoms with E-state index in [4.69, 9.17) is 37.9 Å². The zero-order chi connectivity index (χ0) is 17.2. The second kappa shape index (κ2) is 6.86. The van der Waals surface area contributed by atoms with E-state index in [0.717, 1.165) is 0 Å². The largest absolute Gasteiger partial charge is 0.490 e. The normalized spacial score (nSPS) is 14.9. The number of amides is 1. The maximum atomic E-state index is 11.8. The number of carbonyl (C=O) groups excluding carboxylic acids is 1. The van der Waals surface area contributed by atoms with E-state index in [1.165, 1.54) is 12.1 Å². The van der Waals surface area contributed by atoms with E-state index in [-0.39, 0.29) is 12.0 Å². The summed E-state index contributed by atoms with van der Waals surface area (Å²) in [5, 5.41) is 9.45. The van der Waals surface area contributed by atoms with Crippen molar-refractivity contribution < 1.29 is 14.3 Å². The molecule has 0 atom stereocenters. The molecule has 2 rings (SSSR count). The highest BCUT2D eigenvalue weighted by molar-refractivity contribution is 6.37. The van der Waals surface area contributed by atoms with Gasteiger partial charge < -0.3 is 14.4 Å². The van der Waals surface area contributed by atoms with Crippen LogP contribution in [-0.2, 0) is 4.74 Å². The summed E-state index contributed by atoms with van der Waals surface area (Å²) < 4.78 is 10.9. The van der Waals surface area contributed by atoms with Crippen molar-refractivity contribution in [2.24, 2.45) is 5.92 Å². The maximum Gasteiger partial charge on any atom is 0.410 e. The van der Waals surface area contributed by atoms with Gasteiger partial charge in [-0.2, -0.15) is 5.26 Å². The fraction of sp³-hybridized carbons (Fsp3) is 0.500. The van der Waals surface area contributed by atoms with E-state index in [0.29, 0.717) is 41.1 Å². The van der Waals surface area contributed by atoms with Gasteiger partial charge in [-0.25, -0.2) is 4.79 Å². The molecular weight excluding hydrogens is 339 g/mol. The molecule has 0 spiro atoms. The molecule has 1 fully saturated rings. The second-order valence-corrected chi connectivity index (χ2v) is 7.26. The van der Waals surface area contributed by atoms with Crippen LogP contribution in [0.4, 0.5) is 4.79 Å². The molecule has 1 saturated heterocycles. The van der Waals surface area contributed by atoms with Gasteiger partial charge in [0.1, 0.15) is 5.60 Å². The van der Waals surface area contributed by atoms with Gasteiger partial charge in [0.15, 0.2) is 5.75 Å². The molecule has 124 valence electrons. The lowest BCUT2D eigenvalue weighted by molar-refractivity contribution is -0.00780. The van der Waals surface area contributed by atoms with Crippen molar-refractivity contribution in [1.29, 1.82) is 5.26 Å². The van der Waals surface area contributed by atoms with Crippen LogP contribution >= 0.6 is 23.2 Å². The summed E-state index contributed by atoms with van der Waals surface area (Å²) in [5.74, 6) is 0.563. The fourth-order valence-corrected chi connectivity index (χ4v) is 2.71. The highest BCUT2D eigenvalue weighted by atomic mass is 35.5. The van der Waals surface area contributed by atoms with Gasteiger partial charge in [-0.1, -0.05) is 23.2 Å². The number of nitrogens with zero attached hydrogens (tertiary/aromatic N) is 2. The first-order valence-corrected chi connectivity index (χ1v) is 7.95. The predicted octanol–water partition coefficient (Wildman–Crippen LogP) is 4.11. The van der Waals surface area contributed by atoms with Gasteiger partial charge in [-0.15, -0.1) is 0 Å². The van der Waals surface area contributed by atoms with Crippen LogP contribution in [0.2, 0.25) is 10.0 Å². The fourth-order valence-electron chi connectivity index (χ4n) is 2.11. The zero-order valence-electron chi connectivity index (χ0n) is 13.2. The Morgan fingerprint density at radius 3 is 2.39 bits per heavy atom. The average molecular weight is 357 g/mol. The van der Waals surface area contributed by atoms with Gasteiger partial charge in [-0.05, 0) is 32.9 Å². The highest BCUT2D eigenvalue weighted by Gasteiger charge is 2.34. The first kappa shape index (κ1) is 17.7. The van der Waals surface area contributed by atoms with Crippen LogP contribution < -0.4 is 4.74 Å². The van der Waals surface area contributed by atoms with Crippen molar-refractivity contribution in [2.75, 3.05) is 19.7 Å². The monoisotopic (exact) mass is 356 g/mol. The lowest BCUT2D eigenvalue weighted by Crippen LogP contribution is -2.53. The molecule has 7 heteroatoms. The number of halogens is 2. The third kappa shape index (κ3) is 4.66. The molecule has 0 N–H and O–H groups in total. The van der Waals surface area contributed by atoms with Crippen LogP contribution in [0.1, 0.15) is 26.3 Å². The van der Waals surface area contributed by atoms with Gasteiger partial charge in [-0.3, -0.25) is 0 Å². The second-order valence-electron chi connectivity index (χ2n) is 6.44. The first-order valence-electron chi connectivity index (χ1n) is 7.19. The molecule has 1 aromatic rings. The van der Waals surface area contributed by atoms with Crippen molar-refractivity contribution in [3.63, 3.8) is 0 Å². The average Bonchev–Trinajstić information content (AvgIpc) is 2.36. The van der Waals surface area contributed by atoms with E-state index < -0.39 is 5.60 Å². The third-order valence-corrected chi connectivity index (χ3v) is 3.76. The lowest BCUT2D eigenvalue weighted by atomic mass is 10.0. The molecule has 0 unspecified atom stereocenters. The van der Waals surface area contributed by atoms with E-state index in [1.807, 2.05) is 26.8 Å². The van der Waals surface area contributed by atoms with Crippen LogP contribution in [0, 0.1) is 17.2 Å². The van der Waals surface area contributed by atoms with Gasteiger partial charge in [0, 0.05) is 19.0 Å². The number of likely N-dealkylation sites (tertiary alicyclic amines) is 1. The van der Waals surface area contributed by atoms with Gasteiger partial charge >= 0.3 is 6.09 Å². The number of hydrogen-bond donors (Lipinski definition) is 0. The third-order valence-electron chi connectivity index (χ3n) is 3.20. The summed E-state index contributed by atoms with van der Waals surface area (Å²) in [4.78, 5) is 13.5. The van der Waals surface area contributed by atoms with Crippen LogP contribution in [0.25, 0.3) is 0 Å². The first-order chi connectivity index (χ1) is 10.7. The summed E-state index contributed by atoms with van der Waals surface area (Å²) in [6.45, 7) is 7.03. The van der Waals surface area contributed by atoms with Gasteiger partial charge in [0.2, 0.25) is 0 Å². The minimum absolute atomic E-state index is 0.199. The summed E-state index contributed by atoms with van der Waals surface area (Å²) in [6, 6.07) is 5.00. The Kier molecular flexibility index (Phi) is 5.28. The smallest absolute Gasteiger partial charge is 0.410 e. The Bertz CT molecular complexity index is 621. The van der Waals surface area contributed by atoms with Crippen LogP contribution in [-0.4, -0.2) is 36.3 Å². The minimum Gasteiger partial charge on any atom is -0.490 e. The molecule has 23 heavy (non-hydrogen) atoms. The Morgan fingerprint density at radius 2 is 1.91 bits per heavy atom. The van der Waals surface area contributed by atoms with Crippen molar-refractivity contribution in [1.82, 2.24) is 4.90 Å². The number of carbonyl (C=O) groups is 1. The summed E-state index contributed by atoms with van der Waals surface area (Å²) in [6.07, 6.45) is -0.316. The molecule has 1 aliphatic rings. The molecule has 1 amide bonds. The van der Waals surface area contributed by atoms with Crippen molar-refractivity contribution >= 4 is 29.3 Å². The molecule has 1 aliphatic heterocycles. The lowest BCUT2D eigenvalue weighted by Gasteiger charge is -2.39. The summed E-state index contributed by atoms with van der Waals surface area (Å²) in [5.41, 5.74) is -0.116. The molecule has 0 aliphatic carbocycles. The SMILES string of the molecule is CC(C)(C)OC(=O)N1CC(COc2c(Cl)cc(C#N)cc2Cl)C1. The van der Waals surface area contributed by atoms with Gasteiger partial charge in [0.25, 0.3) is 0 Å². The van der Waals surface area contributed by atoms with Crippen LogP contribution in [0.3, 0.4) is 0 Å². The van der Waals surface area contributed by atoms with Gasteiger partial charge in [0.05, 0.1) is 28.3 Å². The predicted molar refractivity (Wildman–Crippen MR) is 88.0 cm³/mol. The Morgan fingerprint density at radius 1 is 1.35 bits per heavy atom. The van der Waals surface area contributed by atoms with E-state index in [2.05, 4.69) is 0 Å². The number of hydrogen-bond acceptors (Lipinski definition) is 4. The van der Waals surface area contributed by atoms with Crippen molar-refractivity contribution in [2.45, 2.75) is 26.4 Å². The molecule has 5 nitrogen and oxygen atoms in total. The quantitative estimate of drug-likeness (QED) is 0.817.